The first-order valence-corrected chi connectivity index (χ1v) is 7.69. The van der Waals surface area contributed by atoms with Crippen molar-refractivity contribution < 1.29 is 22.7 Å². The van der Waals surface area contributed by atoms with Crippen LogP contribution >= 0.6 is 0 Å². The van der Waals surface area contributed by atoms with E-state index in [-0.39, 0.29) is 17.1 Å². The Morgan fingerprint density at radius 1 is 1.26 bits per heavy atom. The van der Waals surface area contributed by atoms with Gasteiger partial charge in [0.2, 0.25) is 0 Å². The molecule has 0 aromatic heterocycles. The summed E-state index contributed by atoms with van der Waals surface area (Å²) in [6.45, 7) is 0.819. The van der Waals surface area contributed by atoms with Crippen molar-refractivity contribution in [3.63, 3.8) is 0 Å². The first-order valence-electron chi connectivity index (χ1n) is 5.87. The van der Waals surface area contributed by atoms with Crippen LogP contribution in [0.5, 0.6) is 0 Å². The SMILES string of the molecule is O=C(O)c1ccc(N2CCCS(=O)(=O)CC2)cc1F. The van der Waals surface area contributed by atoms with Crippen LogP contribution in [0.1, 0.15) is 16.8 Å². The largest absolute Gasteiger partial charge is 0.478 e. The lowest BCUT2D eigenvalue weighted by Crippen LogP contribution is -2.26. The molecule has 0 spiro atoms. The van der Waals surface area contributed by atoms with E-state index in [1.807, 2.05) is 0 Å². The van der Waals surface area contributed by atoms with Crippen molar-refractivity contribution in [3.8, 4) is 0 Å². The van der Waals surface area contributed by atoms with E-state index in [2.05, 4.69) is 0 Å². The van der Waals surface area contributed by atoms with Gasteiger partial charge in [-0.1, -0.05) is 0 Å². The molecule has 1 saturated heterocycles. The van der Waals surface area contributed by atoms with Gasteiger partial charge < -0.3 is 10.0 Å². The molecule has 0 unspecified atom stereocenters. The molecule has 2 rings (SSSR count). The number of aromatic carboxylic acids is 1. The van der Waals surface area contributed by atoms with E-state index >= 15 is 0 Å². The highest BCUT2D eigenvalue weighted by atomic mass is 32.2. The second-order valence-electron chi connectivity index (χ2n) is 4.46. The fourth-order valence-corrected chi connectivity index (χ4v) is 3.34. The van der Waals surface area contributed by atoms with Crippen LogP contribution in [0.25, 0.3) is 0 Å². The first kappa shape index (κ1) is 13.8. The number of benzene rings is 1. The predicted molar refractivity (Wildman–Crippen MR) is 68.8 cm³/mol. The van der Waals surface area contributed by atoms with Crippen LogP contribution in [0.4, 0.5) is 10.1 Å². The maximum absolute atomic E-state index is 13.6. The third-order valence-corrected chi connectivity index (χ3v) is 4.82. The average molecular weight is 287 g/mol. The number of sulfone groups is 1. The Morgan fingerprint density at radius 2 is 2.00 bits per heavy atom. The summed E-state index contributed by atoms with van der Waals surface area (Å²) in [6.07, 6.45) is 0.491. The Bertz CT molecular complexity index is 600. The molecular weight excluding hydrogens is 273 g/mol. The van der Waals surface area contributed by atoms with Gasteiger partial charge in [0.1, 0.15) is 5.82 Å². The normalized spacial score (nSPS) is 18.9. The topological polar surface area (TPSA) is 74.7 Å². The minimum atomic E-state index is -3.02. The molecule has 19 heavy (non-hydrogen) atoms. The molecule has 0 saturated carbocycles. The van der Waals surface area contributed by atoms with Crippen molar-refractivity contribution >= 4 is 21.5 Å². The maximum Gasteiger partial charge on any atom is 0.338 e. The zero-order chi connectivity index (χ0) is 14.0. The highest BCUT2D eigenvalue weighted by molar-refractivity contribution is 7.91. The standard InChI is InChI=1S/C12H14FNO4S/c13-11-8-9(2-3-10(11)12(15)16)14-4-1-6-19(17,18)7-5-14/h2-3,8H,1,4-7H2,(H,15,16). The smallest absolute Gasteiger partial charge is 0.338 e. The van der Waals surface area contributed by atoms with Gasteiger partial charge >= 0.3 is 5.97 Å². The van der Waals surface area contributed by atoms with E-state index in [9.17, 15) is 17.6 Å². The second kappa shape index (κ2) is 5.16. The molecule has 0 bridgehead atoms. The predicted octanol–water partition coefficient (Wildman–Crippen LogP) is 1.15. The number of hydrogen-bond donors (Lipinski definition) is 1. The van der Waals surface area contributed by atoms with Gasteiger partial charge in [-0.25, -0.2) is 17.6 Å². The van der Waals surface area contributed by atoms with Gasteiger partial charge in [-0.3, -0.25) is 0 Å². The lowest BCUT2D eigenvalue weighted by atomic mass is 10.1. The van der Waals surface area contributed by atoms with E-state index in [0.717, 1.165) is 6.07 Å². The number of carboxylic acid groups (broad SMARTS) is 1. The fraction of sp³-hybridized carbons (Fsp3) is 0.417. The first-order chi connectivity index (χ1) is 8.89. The maximum atomic E-state index is 13.6. The van der Waals surface area contributed by atoms with Crippen LogP contribution in [0, 0.1) is 5.82 Å². The van der Waals surface area contributed by atoms with Crippen LogP contribution in [-0.4, -0.2) is 44.1 Å². The Kier molecular flexibility index (Phi) is 3.75. The molecule has 104 valence electrons. The highest BCUT2D eigenvalue weighted by Gasteiger charge is 2.20. The van der Waals surface area contributed by atoms with E-state index in [0.29, 0.717) is 25.2 Å². The third-order valence-electron chi connectivity index (χ3n) is 3.10. The summed E-state index contributed by atoms with van der Waals surface area (Å²) >= 11 is 0. The molecule has 1 N–H and O–H groups in total. The molecular formula is C12H14FNO4S. The summed E-state index contributed by atoms with van der Waals surface area (Å²) in [7, 11) is -3.02. The van der Waals surface area contributed by atoms with Gasteiger partial charge in [0, 0.05) is 18.8 Å². The molecule has 0 atom stereocenters. The molecule has 0 amide bonds. The number of rotatable bonds is 2. The number of carboxylic acids is 1. The van der Waals surface area contributed by atoms with E-state index in [1.54, 1.807) is 4.90 Å². The Balaban J connectivity index is 2.23. The molecule has 5 nitrogen and oxygen atoms in total. The molecule has 7 heteroatoms. The molecule has 1 aromatic carbocycles. The highest BCUT2D eigenvalue weighted by Crippen LogP contribution is 2.20. The molecule has 0 aliphatic carbocycles. The number of anilines is 1. The fourth-order valence-electron chi connectivity index (χ4n) is 2.07. The van der Waals surface area contributed by atoms with Crippen LogP contribution < -0.4 is 4.90 Å². The lowest BCUT2D eigenvalue weighted by molar-refractivity contribution is 0.0692. The van der Waals surface area contributed by atoms with Crippen molar-refractivity contribution in [1.29, 1.82) is 0 Å². The van der Waals surface area contributed by atoms with E-state index < -0.39 is 21.6 Å². The number of halogens is 1. The van der Waals surface area contributed by atoms with Gasteiger partial charge in [-0.15, -0.1) is 0 Å². The van der Waals surface area contributed by atoms with Crippen LogP contribution in [0.15, 0.2) is 18.2 Å². The van der Waals surface area contributed by atoms with Crippen molar-refractivity contribution in [2.24, 2.45) is 0 Å². The summed E-state index contributed by atoms with van der Waals surface area (Å²) in [6, 6.07) is 3.85. The van der Waals surface area contributed by atoms with Crippen molar-refractivity contribution in [2.45, 2.75) is 6.42 Å². The molecule has 1 heterocycles. The lowest BCUT2D eigenvalue weighted by Gasteiger charge is -2.22. The van der Waals surface area contributed by atoms with Crippen LogP contribution in [-0.2, 0) is 9.84 Å². The molecule has 0 radical (unpaired) electrons. The zero-order valence-electron chi connectivity index (χ0n) is 10.2. The van der Waals surface area contributed by atoms with Gasteiger partial charge in [0.25, 0.3) is 0 Å². The minimum absolute atomic E-state index is 0.0370. The molecule has 1 aliphatic heterocycles. The summed E-state index contributed by atoms with van der Waals surface area (Å²) in [5.74, 6) is -1.95. The summed E-state index contributed by atoms with van der Waals surface area (Å²) < 4.78 is 36.5. The Morgan fingerprint density at radius 3 is 2.63 bits per heavy atom. The van der Waals surface area contributed by atoms with Crippen molar-refractivity contribution in [3.05, 3.63) is 29.6 Å². The zero-order valence-corrected chi connectivity index (χ0v) is 11.0. The van der Waals surface area contributed by atoms with Crippen molar-refractivity contribution in [2.75, 3.05) is 29.5 Å². The monoisotopic (exact) mass is 287 g/mol. The number of nitrogens with zero attached hydrogens (tertiary/aromatic N) is 1. The number of carbonyl (C=O) groups is 1. The number of hydrogen-bond acceptors (Lipinski definition) is 4. The Labute approximate surface area is 110 Å². The van der Waals surface area contributed by atoms with Gasteiger partial charge in [-0.2, -0.15) is 0 Å². The second-order valence-corrected chi connectivity index (χ2v) is 6.77. The Hall–Kier alpha value is -1.63. The van der Waals surface area contributed by atoms with E-state index in [4.69, 9.17) is 5.11 Å². The minimum Gasteiger partial charge on any atom is -0.478 e. The quantitative estimate of drug-likeness (QED) is 0.883. The molecule has 1 aromatic rings. The van der Waals surface area contributed by atoms with Gasteiger partial charge in [0.15, 0.2) is 9.84 Å². The molecule has 1 aliphatic rings. The third kappa shape index (κ3) is 3.23. The van der Waals surface area contributed by atoms with Gasteiger partial charge in [0.05, 0.1) is 17.1 Å². The van der Waals surface area contributed by atoms with Crippen LogP contribution in [0.2, 0.25) is 0 Å². The summed E-state index contributed by atoms with van der Waals surface area (Å²) in [5, 5.41) is 8.75. The van der Waals surface area contributed by atoms with Gasteiger partial charge in [-0.05, 0) is 24.6 Å². The summed E-state index contributed by atoms with van der Waals surface area (Å²) in [5.41, 5.74) is 0.130. The van der Waals surface area contributed by atoms with E-state index in [1.165, 1.54) is 12.1 Å². The van der Waals surface area contributed by atoms with Crippen molar-refractivity contribution in [1.82, 2.24) is 0 Å². The average Bonchev–Trinajstić information content (AvgIpc) is 2.49. The molecule has 1 fully saturated rings. The van der Waals surface area contributed by atoms with Crippen LogP contribution in [0.3, 0.4) is 0 Å². The summed E-state index contributed by atoms with van der Waals surface area (Å²) in [4.78, 5) is 12.5.